The first-order valence-electron chi connectivity index (χ1n) is 9.28. The Morgan fingerprint density at radius 2 is 1.77 bits per heavy atom. The van der Waals surface area contributed by atoms with Gasteiger partial charge in [-0.15, -0.1) is 0 Å². The van der Waals surface area contributed by atoms with E-state index in [0.717, 1.165) is 0 Å². The standard InChI is InChI=1S/C20H30O4SSi/c1-14-16(24-26(5,6)20(2,3)4)12-13-17(19-18(14)23-19)25(21,22)15-10-8-7-9-11-15/h7-11,13-14,16,18-19H,12H2,1-6H3/t14-,16+,18-,19+/m0/s1. The molecule has 0 N–H and O–H groups in total. The molecule has 144 valence electrons. The second-order valence-corrected chi connectivity index (χ2v) is 15.7. The molecule has 1 aromatic carbocycles. The van der Waals surface area contributed by atoms with Gasteiger partial charge in [0.15, 0.2) is 8.32 Å². The molecule has 1 aromatic rings. The van der Waals surface area contributed by atoms with Crippen molar-refractivity contribution in [2.24, 2.45) is 5.92 Å². The summed E-state index contributed by atoms with van der Waals surface area (Å²) in [5.41, 5.74) is 0. The number of epoxide rings is 1. The minimum atomic E-state index is -3.52. The van der Waals surface area contributed by atoms with Crippen LogP contribution in [-0.4, -0.2) is 35.0 Å². The van der Waals surface area contributed by atoms with Crippen LogP contribution in [0.5, 0.6) is 0 Å². The van der Waals surface area contributed by atoms with Gasteiger partial charge in [0.2, 0.25) is 9.84 Å². The molecular formula is C20H30O4SSi. The predicted octanol–water partition coefficient (Wildman–Crippen LogP) is 4.54. The molecule has 4 atom stereocenters. The molecule has 1 aliphatic heterocycles. The van der Waals surface area contributed by atoms with Crippen LogP contribution in [0.3, 0.4) is 0 Å². The summed E-state index contributed by atoms with van der Waals surface area (Å²) < 4.78 is 38.5. The second kappa shape index (κ2) is 6.58. The lowest BCUT2D eigenvalue weighted by Gasteiger charge is -2.40. The van der Waals surface area contributed by atoms with E-state index in [1.54, 1.807) is 24.3 Å². The van der Waals surface area contributed by atoms with Crippen molar-refractivity contribution < 1.29 is 17.6 Å². The van der Waals surface area contributed by atoms with Gasteiger partial charge in [0.25, 0.3) is 0 Å². The molecule has 2 aliphatic rings. The summed E-state index contributed by atoms with van der Waals surface area (Å²) >= 11 is 0. The Hall–Kier alpha value is -0.953. The van der Waals surface area contributed by atoms with E-state index in [9.17, 15) is 8.42 Å². The molecule has 0 amide bonds. The quantitative estimate of drug-likeness (QED) is 0.556. The minimum Gasteiger partial charge on any atom is -0.413 e. The average molecular weight is 395 g/mol. The summed E-state index contributed by atoms with van der Waals surface area (Å²) in [5.74, 6) is 0.175. The van der Waals surface area contributed by atoms with Crippen LogP contribution in [0, 0.1) is 5.92 Å². The highest BCUT2D eigenvalue weighted by molar-refractivity contribution is 7.95. The van der Waals surface area contributed by atoms with E-state index in [4.69, 9.17) is 9.16 Å². The fourth-order valence-electron chi connectivity index (χ4n) is 3.24. The van der Waals surface area contributed by atoms with Crippen LogP contribution in [0.15, 0.2) is 46.2 Å². The number of ether oxygens (including phenoxy) is 1. The summed E-state index contributed by atoms with van der Waals surface area (Å²) in [7, 11) is -5.45. The molecule has 1 saturated heterocycles. The van der Waals surface area contributed by atoms with E-state index in [2.05, 4.69) is 40.8 Å². The molecule has 0 aromatic heterocycles. The Morgan fingerprint density at radius 3 is 2.35 bits per heavy atom. The number of sulfone groups is 1. The smallest absolute Gasteiger partial charge is 0.205 e. The Morgan fingerprint density at radius 1 is 1.15 bits per heavy atom. The van der Waals surface area contributed by atoms with E-state index in [1.807, 2.05) is 12.1 Å². The molecule has 0 saturated carbocycles. The number of fused-ring (bicyclic) bond motifs is 1. The van der Waals surface area contributed by atoms with Gasteiger partial charge >= 0.3 is 0 Å². The lowest BCUT2D eigenvalue weighted by molar-refractivity contribution is 0.109. The zero-order valence-corrected chi connectivity index (χ0v) is 18.3. The number of hydrogen-bond donors (Lipinski definition) is 0. The van der Waals surface area contributed by atoms with Crippen LogP contribution in [0.2, 0.25) is 18.1 Å². The predicted molar refractivity (Wildman–Crippen MR) is 106 cm³/mol. The van der Waals surface area contributed by atoms with Crippen molar-refractivity contribution in [2.45, 2.75) is 75.5 Å². The topological polar surface area (TPSA) is 55.9 Å². The van der Waals surface area contributed by atoms with Crippen LogP contribution in [0.1, 0.15) is 34.1 Å². The zero-order chi connectivity index (χ0) is 19.3. The van der Waals surface area contributed by atoms with Crippen molar-refractivity contribution in [3.8, 4) is 0 Å². The third-order valence-corrected chi connectivity index (χ3v) is 12.5. The lowest BCUT2D eigenvalue weighted by Crippen LogP contribution is -2.46. The molecule has 6 heteroatoms. The van der Waals surface area contributed by atoms with Gasteiger partial charge in [0.1, 0.15) is 6.10 Å². The van der Waals surface area contributed by atoms with Gasteiger partial charge in [-0.05, 0) is 36.7 Å². The summed E-state index contributed by atoms with van der Waals surface area (Å²) in [6, 6.07) is 8.61. The van der Waals surface area contributed by atoms with Crippen LogP contribution in [0.25, 0.3) is 0 Å². The van der Waals surface area contributed by atoms with Crippen molar-refractivity contribution in [1.82, 2.24) is 0 Å². The maximum Gasteiger partial charge on any atom is 0.205 e. The fourth-order valence-corrected chi connectivity index (χ4v) is 6.26. The molecule has 0 unspecified atom stereocenters. The summed E-state index contributed by atoms with van der Waals surface area (Å²) in [5, 5.41) is 0.117. The normalized spacial score (nSPS) is 29.5. The van der Waals surface area contributed by atoms with Gasteiger partial charge in [0, 0.05) is 5.92 Å². The first-order chi connectivity index (χ1) is 11.9. The first-order valence-corrected chi connectivity index (χ1v) is 13.7. The van der Waals surface area contributed by atoms with Crippen molar-refractivity contribution in [3.05, 3.63) is 41.3 Å². The molecule has 0 spiro atoms. The van der Waals surface area contributed by atoms with Crippen molar-refractivity contribution in [2.75, 3.05) is 0 Å². The molecule has 1 heterocycles. The minimum absolute atomic E-state index is 0.00522. The highest BCUT2D eigenvalue weighted by atomic mass is 32.2. The number of rotatable bonds is 4. The molecule has 0 radical (unpaired) electrons. The Kier molecular flexibility index (Phi) is 5.01. The Balaban J connectivity index is 1.88. The average Bonchev–Trinajstić information content (AvgIpc) is 3.33. The zero-order valence-electron chi connectivity index (χ0n) is 16.5. The van der Waals surface area contributed by atoms with Crippen LogP contribution >= 0.6 is 0 Å². The molecule has 1 fully saturated rings. The van der Waals surface area contributed by atoms with Gasteiger partial charge in [-0.2, -0.15) is 0 Å². The molecular weight excluding hydrogens is 364 g/mol. The highest BCUT2D eigenvalue weighted by Gasteiger charge is 2.54. The molecule has 4 nitrogen and oxygen atoms in total. The van der Waals surface area contributed by atoms with Crippen molar-refractivity contribution in [3.63, 3.8) is 0 Å². The Labute approximate surface area is 158 Å². The molecule has 3 rings (SSSR count). The SMILES string of the molecule is C[C@@H]1[C@@H]2O[C@@H]2C(S(=O)(=O)c2ccccc2)=CC[C@H]1O[Si](C)(C)C(C)(C)C. The van der Waals surface area contributed by atoms with E-state index in [0.29, 0.717) is 16.2 Å². The van der Waals surface area contributed by atoms with E-state index < -0.39 is 18.2 Å². The maximum absolute atomic E-state index is 13.1. The monoisotopic (exact) mass is 394 g/mol. The van der Waals surface area contributed by atoms with Gasteiger partial charge in [0.05, 0.1) is 22.0 Å². The van der Waals surface area contributed by atoms with E-state index >= 15 is 0 Å². The van der Waals surface area contributed by atoms with Crippen LogP contribution in [-0.2, 0) is 19.0 Å². The molecule has 26 heavy (non-hydrogen) atoms. The fraction of sp³-hybridized carbons (Fsp3) is 0.600. The summed E-state index contributed by atoms with van der Waals surface area (Å²) in [4.78, 5) is 0.735. The Bertz CT molecular complexity index is 793. The largest absolute Gasteiger partial charge is 0.413 e. The lowest BCUT2D eigenvalue weighted by atomic mass is 9.99. The van der Waals surface area contributed by atoms with Crippen LogP contribution < -0.4 is 0 Å². The summed E-state index contributed by atoms with van der Waals surface area (Å²) in [6.45, 7) is 13.3. The van der Waals surface area contributed by atoms with Crippen molar-refractivity contribution in [1.29, 1.82) is 0 Å². The van der Waals surface area contributed by atoms with E-state index in [1.165, 1.54) is 0 Å². The second-order valence-electron chi connectivity index (χ2n) is 8.96. The molecule has 0 bridgehead atoms. The van der Waals surface area contributed by atoms with Crippen LogP contribution in [0.4, 0.5) is 0 Å². The molecule has 1 aliphatic carbocycles. The third kappa shape index (κ3) is 3.57. The number of benzene rings is 1. The van der Waals surface area contributed by atoms with Gasteiger partial charge in [-0.25, -0.2) is 8.42 Å². The van der Waals surface area contributed by atoms with Crippen molar-refractivity contribution >= 4 is 18.2 Å². The third-order valence-electron chi connectivity index (χ3n) is 6.08. The van der Waals surface area contributed by atoms with E-state index in [-0.39, 0.29) is 29.3 Å². The number of hydrogen-bond acceptors (Lipinski definition) is 4. The highest BCUT2D eigenvalue weighted by Crippen LogP contribution is 2.46. The summed E-state index contributed by atoms with van der Waals surface area (Å²) in [6.07, 6.45) is 2.05. The van der Waals surface area contributed by atoms with Gasteiger partial charge < -0.3 is 9.16 Å². The first kappa shape index (κ1) is 19.8. The maximum atomic E-state index is 13.1. The van der Waals surface area contributed by atoms with Gasteiger partial charge in [-0.3, -0.25) is 0 Å². The van der Waals surface area contributed by atoms with Gasteiger partial charge in [-0.1, -0.05) is 52.0 Å².